The van der Waals surface area contributed by atoms with E-state index >= 15 is 0 Å². The van der Waals surface area contributed by atoms with Crippen molar-refractivity contribution in [1.29, 1.82) is 0 Å². The minimum atomic E-state index is -0.535. The largest absolute Gasteiger partial charge is 0.368 e. The Hall–Kier alpha value is -2.90. The average molecular weight is 343 g/mol. The number of carbonyl (C=O) groups excluding carboxylic acids is 2. The number of rotatable bonds is 4. The maximum atomic E-state index is 12.3. The van der Waals surface area contributed by atoms with Crippen LogP contribution in [0.5, 0.6) is 0 Å². The normalized spacial score (nSPS) is 17.1. The highest BCUT2D eigenvalue weighted by Gasteiger charge is 2.32. The summed E-state index contributed by atoms with van der Waals surface area (Å²) in [7, 11) is 0. The van der Waals surface area contributed by atoms with E-state index in [4.69, 9.17) is 10.3 Å². The first-order chi connectivity index (χ1) is 12.0. The Balaban J connectivity index is 1.68. The van der Waals surface area contributed by atoms with Gasteiger partial charge in [0.1, 0.15) is 6.04 Å². The number of hydrogen-bond acceptors (Lipinski definition) is 5. The van der Waals surface area contributed by atoms with Gasteiger partial charge in [-0.15, -0.1) is 0 Å². The van der Waals surface area contributed by atoms with Gasteiger partial charge in [0.25, 0.3) is 5.89 Å². The molecule has 1 aromatic carbocycles. The van der Waals surface area contributed by atoms with Crippen molar-refractivity contribution >= 4 is 17.6 Å². The zero-order chi connectivity index (χ0) is 18.0. The van der Waals surface area contributed by atoms with E-state index in [9.17, 15) is 9.59 Å². The molecule has 1 atom stereocenters. The zero-order valence-corrected chi connectivity index (χ0v) is 14.2. The predicted molar refractivity (Wildman–Crippen MR) is 91.8 cm³/mol. The second-order valence-corrected chi connectivity index (χ2v) is 6.37. The molecule has 2 aromatic rings. The summed E-state index contributed by atoms with van der Waals surface area (Å²) < 4.78 is 5.25. The van der Waals surface area contributed by atoms with Gasteiger partial charge >= 0.3 is 6.03 Å². The van der Waals surface area contributed by atoms with Crippen molar-refractivity contribution in [3.63, 3.8) is 0 Å². The summed E-state index contributed by atoms with van der Waals surface area (Å²) in [6, 6.07) is 6.23. The Kier molecular flexibility index (Phi) is 4.69. The fourth-order valence-electron chi connectivity index (χ4n) is 2.78. The molecule has 132 valence electrons. The average Bonchev–Trinajstić information content (AvgIpc) is 3.25. The van der Waals surface area contributed by atoms with Gasteiger partial charge in [0.15, 0.2) is 5.82 Å². The number of anilines is 1. The van der Waals surface area contributed by atoms with Gasteiger partial charge in [0, 0.05) is 23.7 Å². The molecule has 8 nitrogen and oxygen atoms in total. The lowest BCUT2D eigenvalue weighted by Gasteiger charge is -2.22. The first-order valence-electron chi connectivity index (χ1n) is 8.26. The quantitative estimate of drug-likeness (QED) is 0.884. The van der Waals surface area contributed by atoms with Crippen LogP contribution in [0.3, 0.4) is 0 Å². The van der Waals surface area contributed by atoms with E-state index in [0.29, 0.717) is 30.4 Å². The van der Waals surface area contributed by atoms with Crippen molar-refractivity contribution in [3.05, 3.63) is 30.1 Å². The number of aromatic nitrogens is 2. The van der Waals surface area contributed by atoms with E-state index in [2.05, 4.69) is 15.5 Å². The fourth-order valence-corrected chi connectivity index (χ4v) is 2.78. The highest BCUT2D eigenvalue weighted by molar-refractivity contribution is 5.93. The Morgan fingerprint density at radius 3 is 2.64 bits per heavy atom. The van der Waals surface area contributed by atoms with Crippen molar-refractivity contribution in [1.82, 2.24) is 15.0 Å². The van der Waals surface area contributed by atoms with Crippen molar-refractivity contribution in [2.45, 2.75) is 38.6 Å². The summed E-state index contributed by atoms with van der Waals surface area (Å²) in [5.74, 6) is 0.809. The second-order valence-electron chi connectivity index (χ2n) is 6.37. The van der Waals surface area contributed by atoms with E-state index in [1.54, 1.807) is 24.3 Å². The molecule has 25 heavy (non-hydrogen) atoms. The van der Waals surface area contributed by atoms with E-state index < -0.39 is 11.9 Å². The summed E-state index contributed by atoms with van der Waals surface area (Å²) >= 11 is 0. The highest BCUT2D eigenvalue weighted by atomic mass is 16.5. The Labute approximate surface area is 145 Å². The molecule has 0 saturated carbocycles. The molecular formula is C17H21N5O3. The Morgan fingerprint density at radius 2 is 2.04 bits per heavy atom. The minimum Gasteiger partial charge on any atom is -0.368 e. The van der Waals surface area contributed by atoms with E-state index in [1.165, 1.54) is 4.90 Å². The molecule has 3 rings (SSSR count). The van der Waals surface area contributed by atoms with Crippen molar-refractivity contribution in [2.24, 2.45) is 5.73 Å². The number of carbonyl (C=O) groups is 2. The molecule has 8 heteroatoms. The highest BCUT2D eigenvalue weighted by Crippen LogP contribution is 2.23. The fraction of sp³-hybridized carbons (Fsp3) is 0.412. The van der Waals surface area contributed by atoms with Gasteiger partial charge in [-0.1, -0.05) is 19.0 Å². The van der Waals surface area contributed by atoms with Crippen molar-refractivity contribution in [2.75, 3.05) is 11.9 Å². The van der Waals surface area contributed by atoms with Gasteiger partial charge in [0.2, 0.25) is 5.91 Å². The number of benzene rings is 1. The van der Waals surface area contributed by atoms with Crippen LogP contribution in [0.1, 0.15) is 38.4 Å². The van der Waals surface area contributed by atoms with Gasteiger partial charge < -0.3 is 20.5 Å². The van der Waals surface area contributed by atoms with Crippen LogP contribution in [-0.4, -0.2) is 39.6 Å². The van der Waals surface area contributed by atoms with E-state index in [1.807, 2.05) is 13.8 Å². The molecule has 2 heterocycles. The summed E-state index contributed by atoms with van der Waals surface area (Å²) in [4.78, 5) is 29.5. The lowest BCUT2D eigenvalue weighted by Crippen LogP contribution is -2.45. The molecule has 0 spiro atoms. The van der Waals surface area contributed by atoms with E-state index in [0.717, 1.165) is 12.0 Å². The van der Waals surface area contributed by atoms with Crippen LogP contribution in [-0.2, 0) is 4.79 Å². The van der Waals surface area contributed by atoms with Gasteiger partial charge in [-0.05, 0) is 37.1 Å². The molecule has 3 amide bonds. The lowest BCUT2D eigenvalue weighted by molar-refractivity contribution is -0.121. The predicted octanol–water partition coefficient (Wildman–Crippen LogP) is 2.34. The number of nitrogens with two attached hydrogens (primary N) is 1. The molecular weight excluding hydrogens is 322 g/mol. The first-order valence-corrected chi connectivity index (χ1v) is 8.26. The van der Waals surface area contributed by atoms with Crippen LogP contribution in [0.4, 0.5) is 10.5 Å². The third-order valence-corrected chi connectivity index (χ3v) is 4.18. The SMILES string of the molecule is CC(C)c1noc(-c2ccc(NC(=O)N3CCC[C@@H]3C(N)=O)cc2)n1. The summed E-state index contributed by atoms with van der Waals surface area (Å²) in [5, 5.41) is 6.72. The van der Waals surface area contributed by atoms with Gasteiger partial charge in [0.05, 0.1) is 0 Å². The third kappa shape index (κ3) is 3.62. The van der Waals surface area contributed by atoms with Crippen LogP contribution in [0, 0.1) is 0 Å². The maximum Gasteiger partial charge on any atom is 0.322 e. The number of likely N-dealkylation sites (tertiary alicyclic amines) is 1. The Morgan fingerprint density at radius 1 is 1.32 bits per heavy atom. The van der Waals surface area contributed by atoms with Crippen LogP contribution in [0.2, 0.25) is 0 Å². The molecule has 3 N–H and O–H groups in total. The molecule has 0 unspecified atom stereocenters. The summed E-state index contributed by atoms with van der Waals surface area (Å²) in [6.07, 6.45) is 1.38. The minimum absolute atomic E-state index is 0.190. The number of urea groups is 1. The molecule has 1 saturated heterocycles. The lowest BCUT2D eigenvalue weighted by atomic mass is 10.2. The van der Waals surface area contributed by atoms with E-state index in [-0.39, 0.29) is 11.9 Å². The maximum absolute atomic E-state index is 12.3. The topological polar surface area (TPSA) is 114 Å². The molecule has 0 aliphatic carbocycles. The van der Waals surface area contributed by atoms with Crippen LogP contribution >= 0.6 is 0 Å². The van der Waals surface area contributed by atoms with Crippen LogP contribution < -0.4 is 11.1 Å². The number of hydrogen-bond donors (Lipinski definition) is 2. The Bertz CT molecular complexity index is 769. The first kappa shape index (κ1) is 16.9. The number of primary amides is 1. The molecule has 1 aliphatic rings. The number of nitrogens with zero attached hydrogens (tertiary/aromatic N) is 3. The molecule has 1 fully saturated rings. The summed E-state index contributed by atoms with van der Waals surface area (Å²) in [5.41, 5.74) is 6.73. The number of nitrogens with one attached hydrogen (secondary N) is 1. The van der Waals surface area contributed by atoms with Gasteiger partial charge in [-0.25, -0.2) is 4.79 Å². The smallest absolute Gasteiger partial charge is 0.322 e. The summed E-state index contributed by atoms with van der Waals surface area (Å²) in [6.45, 7) is 4.51. The van der Waals surface area contributed by atoms with Crippen molar-refractivity contribution < 1.29 is 14.1 Å². The van der Waals surface area contributed by atoms with Gasteiger partial charge in [-0.2, -0.15) is 4.98 Å². The van der Waals surface area contributed by atoms with Gasteiger partial charge in [-0.3, -0.25) is 4.79 Å². The molecule has 0 bridgehead atoms. The van der Waals surface area contributed by atoms with Crippen LogP contribution in [0.15, 0.2) is 28.8 Å². The number of amides is 3. The monoisotopic (exact) mass is 343 g/mol. The zero-order valence-electron chi connectivity index (χ0n) is 14.2. The third-order valence-electron chi connectivity index (χ3n) is 4.18. The molecule has 1 aromatic heterocycles. The molecule has 1 aliphatic heterocycles. The molecule has 0 radical (unpaired) electrons. The van der Waals surface area contributed by atoms with Crippen molar-refractivity contribution in [3.8, 4) is 11.5 Å². The standard InChI is InChI=1S/C17H21N5O3/c1-10(2)15-20-16(25-21-15)11-5-7-12(8-6-11)19-17(24)22-9-3-4-13(22)14(18)23/h5-8,10,13H,3-4,9H2,1-2H3,(H2,18,23)(H,19,24)/t13-/m1/s1. The van der Waals surface area contributed by atoms with Crippen LogP contribution in [0.25, 0.3) is 11.5 Å². The second kappa shape index (κ2) is 6.92.